The second kappa shape index (κ2) is 9.40. The molecule has 0 bridgehead atoms. The van der Waals surface area contributed by atoms with Gasteiger partial charge in [0, 0.05) is 25.7 Å². The van der Waals surface area contributed by atoms with Crippen molar-refractivity contribution in [1.29, 1.82) is 0 Å². The van der Waals surface area contributed by atoms with Crippen LogP contribution in [0.5, 0.6) is 0 Å². The molecule has 1 N–H and O–H groups in total. The van der Waals surface area contributed by atoms with Crippen molar-refractivity contribution in [3.63, 3.8) is 0 Å². The molecule has 2 aromatic rings. The number of nitrogens with zero attached hydrogens (tertiary/aromatic N) is 2. The number of rotatable bonds is 5. The number of benzene rings is 1. The number of ether oxygens (including phenoxy) is 1. The van der Waals surface area contributed by atoms with Crippen molar-refractivity contribution in [3.05, 3.63) is 46.2 Å². The van der Waals surface area contributed by atoms with Crippen LogP contribution in [0.15, 0.2) is 45.7 Å². The molecule has 0 atom stereocenters. The van der Waals surface area contributed by atoms with Gasteiger partial charge >= 0.3 is 5.97 Å². The Morgan fingerprint density at radius 3 is 2.67 bits per heavy atom. The number of nitrogens with one attached hydrogen (secondary N) is 1. The van der Waals surface area contributed by atoms with E-state index in [1.165, 1.54) is 31.4 Å². The number of carbonyl (C=O) groups excluding carboxylic acids is 2. The lowest BCUT2D eigenvalue weighted by Crippen LogP contribution is -2.26. The van der Waals surface area contributed by atoms with Crippen LogP contribution in [0.25, 0.3) is 0 Å². The summed E-state index contributed by atoms with van der Waals surface area (Å²) in [7, 11) is -0.791. The number of likely N-dealkylation sites (tertiary alicyclic amines) is 1. The Hall–Kier alpha value is -2.72. The van der Waals surface area contributed by atoms with Crippen LogP contribution in [0.4, 0.5) is 5.69 Å². The molecular weight excluding hydrogens is 426 g/mol. The summed E-state index contributed by atoms with van der Waals surface area (Å²) in [6, 6.07) is 8.99. The fourth-order valence-electron chi connectivity index (χ4n) is 3.03. The number of carbonyl (C=O) groups is 2. The molecule has 160 valence electrons. The van der Waals surface area contributed by atoms with Gasteiger partial charge in [-0.3, -0.25) is 4.79 Å². The average Bonchev–Trinajstić information content (AvgIpc) is 3.14. The van der Waals surface area contributed by atoms with E-state index in [2.05, 4.69) is 14.5 Å². The zero-order valence-corrected chi connectivity index (χ0v) is 18.4. The van der Waals surface area contributed by atoms with Gasteiger partial charge in [0.1, 0.15) is 10.7 Å². The zero-order valence-electron chi connectivity index (χ0n) is 16.8. The summed E-state index contributed by atoms with van der Waals surface area (Å²) in [4.78, 5) is 26.5. The zero-order chi connectivity index (χ0) is 21.7. The van der Waals surface area contributed by atoms with Crippen LogP contribution in [-0.4, -0.2) is 51.7 Å². The van der Waals surface area contributed by atoms with Crippen LogP contribution >= 0.6 is 11.3 Å². The van der Waals surface area contributed by atoms with Crippen molar-refractivity contribution < 1.29 is 22.7 Å². The topological polar surface area (TPSA) is 105 Å². The maximum absolute atomic E-state index is 12.8. The highest BCUT2D eigenvalue weighted by Gasteiger charge is 2.19. The normalized spacial score (nSPS) is 16.2. The van der Waals surface area contributed by atoms with Gasteiger partial charge in [0.2, 0.25) is 0 Å². The van der Waals surface area contributed by atoms with Gasteiger partial charge in [-0.15, -0.1) is 15.7 Å². The predicted molar refractivity (Wildman–Crippen MR) is 116 cm³/mol. The van der Waals surface area contributed by atoms with E-state index in [4.69, 9.17) is 0 Å². The molecule has 1 amide bonds. The molecule has 10 heteroatoms. The number of amides is 1. The maximum atomic E-state index is 12.8. The minimum atomic E-state index is -3.91. The molecule has 1 saturated heterocycles. The summed E-state index contributed by atoms with van der Waals surface area (Å²) >= 11 is 0.996. The van der Waals surface area contributed by atoms with Crippen molar-refractivity contribution in [2.45, 2.75) is 30.6 Å². The molecule has 0 unspecified atom stereocenters. The lowest BCUT2D eigenvalue weighted by molar-refractivity contribution is 0.0606. The minimum Gasteiger partial charge on any atom is -0.465 e. The van der Waals surface area contributed by atoms with Gasteiger partial charge in [-0.25, -0.2) is 4.79 Å². The quantitative estimate of drug-likeness (QED) is 0.702. The second-order valence-electron chi connectivity index (χ2n) is 6.85. The number of sulfonamides is 1. The number of anilines is 1. The van der Waals surface area contributed by atoms with Crippen LogP contribution < -0.4 is 5.32 Å². The average molecular weight is 450 g/mol. The smallest absolute Gasteiger partial charge is 0.348 e. The van der Waals surface area contributed by atoms with Gasteiger partial charge in [-0.05, 0) is 43.2 Å². The first-order valence-corrected chi connectivity index (χ1v) is 11.7. The lowest BCUT2D eigenvalue weighted by atomic mass is 10.2. The molecule has 0 saturated carbocycles. The molecule has 3 rings (SSSR count). The third-order valence-electron chi connectivity index (χ3n) is 4.67. The maximum Gasteiger partial charge on any atom is 0.348 e. The Kier molecular flexibility index (Phi) is 6.88. The number of methoxy groups -OCH3 is 1. The lowest BCUT2D eigenvalue weighted by Gasteiger charge is -2.17. The van der Waals surface area contributed by atoms with E-state index in [0.29, 0.717) is 27.7 Å². The largest absolute Gasteiger partial charge is 0.465 e. The van der Waals surface area contributed by atoms with E-state index in [9.17, 15) is 18.0 Å². The van der Waals surface area contributed by atoms with E-state index in [1.807, 2.05) is 11.9 Å². The van der Waals surface area contributed by atoms with Crippen LogP contribution in [0, 0.1) is 0 Å². The predicted octanol–water partition coefficient (Wildman–Crippen LogP) is 3.38. The van der Waals surface area contributed by atoms with E-state index in [-0.39, 0.29) is 4.90 Å². The molecule has 30 heavy (non-hydrogen) atoms. The Balaban J connectivity index is 1.79. The molecular formula is C20H23N3O5S2. The third-order valence-corrected chi connectivity index (χ3v) is 7.03. The van der Waals surface area contributed by atoms with Crippen LogP contribution in [0.2, 0.25) is 0 Å². The van der Waals surface area contributed by atoms with E-state index >= 15 is 0 Å². The molecule has 1 fully saturated rings. The van der Waals surface area contributed by atoms with Gasteiger partial charge in [-0.1, -0.05) is 12.5 Å². The van der Waals surface area contributed by atoms with Crippen LogP contribution in [-0.2, 0) is 14.8 Å². The van der Waals surface area contributed by atoms with Crippen LogP contribution in [0.1, 0.15) is 45.0 Å². The standard InChI is InChI=1S/C20H23N3O5S2/c1-23-12-5-3-4-9-18(23)22-30(26,27)15-8-6-7-14(13-15)21-19(24)16-10-11-17(29-16)20(25)28-2/h6-8,10-11,13H,3-5,9,12H2,1-2H3,(H,21,24)/b22-18-. The molecule has 0 aliphatic carbocycles. The van der Waals surface area contributed by atoms with Gasteiger partial charge in [0.05, 0.1) is 16.9 Å². The third kappa shape index (κ3) is 5.25. The van der Waals surface area contributed by atoms with Crippen LogP contribution in [0.3, 0.4) is 0 Å². The molecule has 0 radical (unpaired) electrons. The number of thiophene rings is 1. The molecule has 1 aromatic carbocycles. The Bertz CT molecular complexity index is 1080. The minimum absolute atomic E-state index is 0.00637. The van der Waals surface area contributed by atoms with Gasteiger partial charge in [0.25, 0.3) is 15.9 Å². The van der Waals surface area contributed by atoms with Gasteiger partial charge in [-0.2, -0.15) is 8.42 Å². The Morgan fingerprint density at radius 1 is 1.13 bits per heavy atom. The van der Waals surface area contributed by atoms with E-state index in [1.54, 1.807) is 12.1 Å². The number of esters is 1. The summed E-state index contributed by atoms with van der Waals surface area (Å²) in [5, 5.41) is 2.66. The second-order valence-corrected chi connectivity index (χ2v) is 9.54. The Morgan fingerprint density at radius 2 is 1.90 bits per heavy atom. The number of amidine groups is 1. The van der Waals surface area contributed by atoms with E-state index in [0.717, 1.165) is 37.1 Å². The molecule has 0 spiro atoms. The highest BCUT2D eigenvalue weighted by molar-refractivity contribution is 7.90. The summed E-state index contributed by atoms with van der Waals surface area (Å²) in [5.41, 5.74) is 0.323. The monoisotopic (exact) mass is 449 g/mol. The fraction of sp³-hybridized carbons (Fsp3) is 0.350. The van der Waals surface area contributed by atoms with E-state index < -0.39 is 21.9 Å². The summed E-state index contributed by atoms with van der Waals surface area (Å²) < 4.78 is 34.3. The van der Waals surface area contributed by atoms with Crippen molar-refractivity contribution in [3.8, 4) is 0 Å². The van der Waals surface area contributed by atoms with Crippen molar-refractivity contribution in [2.75, 3.05) is 26.0 Å². The highest BCUT2D eigenvalue weighted by Crippen LogP contribution is 2.22. The first-order chi connectivity index (χ1) is 14.3. The van der Waals surface area contributed by atoms with Gasteiger partial charge < -0.3 is 15.0 Å². The molecule has 1 aromatic heterocycles. The van der Waals surface area contributed by atoms with Gasteiger partial charge in [0.15, 0.2) is 0 Å². The summed E-state index contributed by atoms with van der Waals surface area (Å²) in [5.74, 6) is -0.412. The molecule has 1 aliphatic heterocycles. The summed E-state index contributed by atoms with van der Waals surface area (Å²) in [6.07, 6.45) is 3.58. The van der Waals surface area contributed by atoms with Crippen molar-refractivity contribution >= 4 is 44.8 Å². The molecule has 2 heterocycles. The summed E-state index contributed by atoms with van der Waals surface area (Å²) in [6.45, 7) is 0.777. The Labute approximate surface area is 179 Å². The first-order valence-electron chi connectivity index (χ1n) is 9.45. The van der Waals surface area contributed by atoms with Crippen molar-refractivity contribution in [1.82, 2.24) is 4.90 Å². The number of hydrogen-bond donors (Lipinski definition) is 1. The highest BCUT2D eigenvalue weighted by atomic mass is 32.2. The first kappa shape index (κ1) is 22.0. The number of hydrogen-bond acceptors (Lipinski definition) is 6. The van der Waals surface area contributed by atoms with Crippen molar-refractivity contribution in [2.24, 2.45) is 4.40 Å². The fourth-order valence-corrected chi connectivity index (χ4v) is 4.99. The SMILES string of the molecule is COC(=O)c1ccc(C(=O)Nc2cccc(S(=O)(=O)/N=C3/CCCCCN3C)c2)s1. The molecule has 1 aliphatic rings. The molecule has 8 nitrogen and oxygen atoms in total.